The number of hydrogen-bond acceptors (Lipinski definition) is 10. The van der Waals surface area contributed by atoms with Crippen LogP contribution in [0.15, 0.2) is 0 Å². The van der Waals surface area contributed by atoms with Gasteiger partial charge in [0, 0.05) is 27.7 Å². The van der Waals surface area contributed by atoms with E-state index in [1.54, 1.807) is 0 Å². The van der Waals surface area contributed by atoms with Crippen molar-refractivity contribution in [1.82, 2.24) is 0 Å². The topological polar surface area (TPSA) is 124 Å². The summed E-state index contributed by atoms with van der Waals surface area (Å²) in [6.45, 7) is 8.46. The minimum absolute atomic E-state index is 0.254. The minimum Gasteiger partial charge on any atom is -0.463 e. The molecule has 190 valence electrons. The molecule has 11 heteroatoms. The molecule has 0 saturated carbocycles. The number of ether oxygens (including phenoxy) is 6. The summed E-state index contributed by atoms with van der Waals surface area (Å²) in [4.78, 5) is 46.7. The van der Waals surface area contributed by atoms with Crippen molar-refractivity contribution in [2.24, 2.45) is 0 Å². The van der Waals surface area contributed by atoms with Gasteiger partial charge < -0.3 is 32.9 Å². The second kappa shape index (κ2) is 13.5. The summed E-state index contributed by atoms with van der Waals surface area (Å²) in [5, 5.41) is 0. The highest BCUT2D eigenvalue weighted by atomic mass is 16.7. The summed E-state index contributed by atoms with van der Waals surface area (Å²) in [6, 6.07) is 0. The van der Waals surface area contributed by atoms with E-state index in [0.29, 0.717) is 11.0 Å². The first-order valence-corrected chi connectivity index (χ1v) is 11.1. The zero-order valence-electron chi connectivity index (χ0n) is 20.7. The van der Waals surface area contributed by atoms with E-state index in [1.807, 2.05) is 0 Å². The number of rotatable bonds is 12. The highest BCUT2D eigenvalue weighted by Crippen LogP contribution is 2.30. The van der Waals surface area contributed by atoms with Crippen LogP contribution in [-0.4, -0.2) is 99.5 Å². The Kier molecular flexibility index (Phi) is 11.7. The van der Waals surface area contributed by atoms with Gasteiger partial charge in [0.05, 0.1) is 27.2 Å². The highest BCUT2D eigenvalue weighted by Gasteiger charge is 2.52. The van der Waals surface area contributed by atoms with Gasteiger partial charge in [0.1, 0.15) is 19.3 Å². The van der Waals surface area contributed by atoms with Crippen LogP contribution in [0.25, 0.3) is 0 Å². The molecule has 0 aromatic carbocycles. The molecule has 0 unspecified atom stereocenters. The van der Waals surface area contributed by atoms with Gasteiger partial charge in [0.2, 0.25) is 0 Å². The molecule has 1 heterocycles. The second-order valence-electron chi connectivity index (χ2n) is 8.67. The molecule has 0 bridgehead atoms. The molecule has 0 radical (unpaired) electrons. The van der Waals surface area contributed by atoms with Gasteiger partial charge in [-0.1, -0.05) is 13.3 Å². The summed E-state index contributed by atoms with van der Waals surface area (Å²) in [6.07, 6.45) is -3.63. The van der Waals surface area contributed by atoms with E-state index >= 15 is 0 Å². The van der Waals surface area contributed by atoms with Crippen molar-refractivity contribution in [3.05, 3.63) is 0 Å². The summed E-state index contributed by atoms with van der Waals surface area (Å²) >= 11 is 0. The molecule has 0 aliphatic carbocycles. The number of likely N-dealkylation sites (N-methyl/N-ethyl adjacent to an activating group) is 1. The summed E-state index contributed by atoms with van der Waals surface area (Å²) in [5.74, 6) is -2.59. The fourth-order valence-corrected chi connectivity index (χ4v) is 3.44. The number of carbonyl (C=O) groups excluding carboxylic acids is 4. The van der Waals surface area contributed by atoms with Gasteiger partial charge >= 0.3 is 23.9 Å². The Morgan fingerprint density at radius 1 is 0.788 bits per heavy atom. The number of hydrogen-bond donors (Lipinski definition) is 0. The van der Waals surface area contributed by atoms with Gasteiger partial charge in [0.25, 0.3) is 0 Å². The molecular formula is C22H38NO10+. The van der Waals surface area contributed by atoms with Gasteiger partial charge in [0.15, 0.2) is 24.6 Å². The van der Waals surface area contributed by atoms with Crippen LogP contribution in [-0.2, 0) is 47.6 Å². The lowest BCUT2D eigenvalue weighted by Gasteiger charge is -2.44. The van der Waals surface area contributed by atoms with Crippen molar-refractivity contribution in [3.63, 3.8) is 0 Å². The smallest absolute Gasteiger partial charge is 0.303 e. The van der Waals surface area contributed by atoms with Crippen LogP contribution < -0.4 is 0 Å². The molecule has 0 spiro atoms. The van der Waals surface area contributed by atoms with E-state index in [4.69, 9.17) is 28.4 Å². The molecule has 1 aliphatic rings. The molecule has 33 heavy (non-hydrogen) atoms. The highest BCUT2D eigenvalue weighted by molar-refractivity contribution is 5.68. The normalized spacial score (nSPS) is 25.1. The molecule has 1 saturated heterocycles. The van der Waals surface area contributed by atoms with E-state index in [-0.39, 0.29) is 13.2 Å². The van der Waals surface area contributed by atoms with Crippen LogP contribution in [0.5, 0.6) is 0 Å². The predicted octanol–water partition coefficient (Wildman–Crippen LogP) is 0.963. The van der Waals surface area contributed by atoms with Gasteiger partial charge in [-0.2, -0.15) is 0 Å². The van der Waals surface area contributed by atoms with Crippen LogP contribution >= 0.6 is 0 Å². The first-order valence-electron chi connectivity index (χ1n) is 11.1. The molecule has 0 N–H and O–H groups in total. The molecule has 11 nitrogen and oxygen atoms in total. The number of unbranched alkanes of at least 4 members (excludes halogenated alkanes) is 1. The first kappa shape index (κ1) is 28.8. The summed E-state index contributed by atoms with van der Waals surface area (Å²) in [5.41, 5.74) is 0. The van der Waals surface area contributed by atoms with Gasteiger partial charge in [-0.25, -0.2) is 0 Å². The second-order valence-corrected chi connectivity index (χ2v) is 8.67. The maximum atomic E-state index is 11.8. The Balaban J connectivity index is 3.16. The van der Waals surface area contributed by atoms with Crippen LogP contribution in [0, 0.1) is 0 Å². The van der Waals surface area contributed by atoms with E-state index in [2.05, 4.69) is 21.0 Å². The Morgan fingerprint density at radius 3 is 1.85 bits per heavy atom. The standard InChI is InChI=1S/C22H38NO10/c1-8-9-10-23(6,7)11-12-28-22-21(32-17(5)27)20(31-16(4)26)19(30-15(3)25)18(33-22)13-29-14(2)24/h18-22H,8-13H2,1-7H3/q+1/t18-,19-,20+,21-,22-/m1/s1. The summed E-state index contributed by atoms with van der Waals surface area (Å²) < 4.78 is 33.7. The molecule has 0 aromatic heterocycles. The maximum absolute atomic E-state index is 11.8. The van der Waals surface area contributed by atoms with Crippen molar-refractivity contribution in [3.8, 4) is 0 Å². The zero-order chi connectivity index (χ0) is 25.2. The third-order valence-electron chi connectivity index (χ3n) is 5.04. The third kappa shape index (κ3) is 10.5. The summed E-state index contributed by atoms with van der Waals surface area (Å²) in [7, 11) is 4.15. The van der Waals surface area contributed by atoms with Gasteiger partial charge in [-0.05, 0) is 6.42 Å². The fraction of sp³-hybridized carbons (Fsp3) is 0.818. The number of carbonyl (C=O) groups is 4. The number of quaternary nitrogens is 1. The lowest BCUT2D eigenvalue weighted by Crippen LogP contribution is -2.63. The molecular weight excluding hydrogens is 438 g/mol. The monoisotopic (exact) mass is 476 g/mol. The SMILES string of the molecule is CCCC[N+](C)(C)CCO[C@@H]1O[C@H](COC(C)=O)[C@@H](OC(C)=O)[C@H](OC(C)=O)[C@H]1OC(C)=O. The third-order valence-corrected chi connectivity index (χ3v) is 5.04. The van der Waals surface area contributed by atoms with E-state index in [9.17, 15) is 19.2 Å². The predicted molar refractivity (Wildman–Crippen MR) is 115 cm³/mol. The first-order chi connectivity index (χ1) is 15.4. The average molecular weight is 477 g/mol. The maximum Gasteiger partial charge on any atom is 0.303 e. The lowest BCUT2D eigenvalue weighted by atomic mass is 9.98. The number of esters is 4. The van der Waals surface area contributed by atoms with E-state index < -0.39 is 54.6 Å². The Hall–Kier alpha value is -2.24. The Bertz CT molecular complexity index is 680. The molecule has 5 atom stereocenters. The van der Waals surface area contributed by atoms with Crippen molar-refractivity contribution in [2.45, 2.75) is 78.2 Å². The molecule has 1 aliphatic heterocycles. The van der Waals surface area contributed by atoms with Gasteiger partial charge in [-0.3, -0.25) is 19.2 Å². The van der Waals surface area contributed by atoms with E-state index in [0.717, 1.165) is 19.4 Å². The van der Waals surface area contributed by atoms with Crippen LogP contribution in [0.1, 0.15) is 47.5 Å². The molecule has 1 rings (SSSR count). The van der Waals surface area contributed by atoms with Crippen LogP contribution in [0.2, 0.25) is 0 Å². The quantitative estimate of drug-likeness (QED) is 0.229. The number of nitrogens with zero attached hydrogens (tertiary/aromatic N) is 1. The molecule has 0 aromatic rings. The fourth-order valence-electron chi connectivity index (χ4n) is 3.44. The van der Waals surface area contributed by atoms with E-state index in [1.165, 1.54) is 27.7 Å². The molecule has 1 fully saturated rings. The minimum atomic E-state index is -1.22. The van der Waals surface area contributed by atoms with Crippen molar-refractivity contribution >= 4 is 23.9 Å². The Morgan fingerprint density at radius 2 is 1.33 bits per heavy atom. The zero-order valence-corrected chi connectivity index (χ0v) is 20.7. The average Bonchev–Trinajstić information content (AvgIpc) is 2.68. The van der Waals surface area contributed by atoms with Gasteiger partial charge in [-0.15, -0.1) is 0 Å². The van der Waals surface area contributed by atoms with Crippen LogP contribution in [0.3, 0.4) is 0 Å². The van der Waals surface area contributed by atoms with Crippen molar-refractivity contribution in [2.75, 3.05) is 40.4 Å². The molecule has 0 amide bonds. The van der Waals surface area contributed by atoms with Crippen molar-refractivity contribution < 1.29 is 52.1 Å². The Labute approximate surface area is 195 Å². The van der Waals surface area contributed by atoms with Crippen molar-refractivity contribution in [1.29, 1.82) is 0 Å². The largest absolute Gasteiger partial charge is 0.463 e. The lowest BCUT2D eigenvalue weighted by molar-refractivity contribution is -0.891. The van der Waals surface area contributed by atoms with Crippen LogP contribution in [0.4, 0.5) is 0 Å².